The van der Waals surface area contributed by atoms with Crippen LogP contribution in [0.15, 0.2) is 29.9 Å². The predicted octanol–water partition coefficient (Wildman–Crippen LogP) is 2.75. The fraction of sp³-hybridized carbons (Fsp3) is 0.625. The standard InChI is InChI=1S/C24H34N4O4S/c1-2-31-13-14-32-12-11-26-10-7-25-23(26)19-5-8-27(9-6-19)24(30)20-16-22(29)28(17-20)18-21-4-3-15-33-21/h3-4,7,10,15,19-20H,2,5-6,8-9,11-14,16-18H2,1H3. The van der Waals surface area contributed by atoms with Gasteiger partial charge in [0, 0.05) is 62.4 Å². The van der Waals surface area contributed by atoms with Crippen LogP contribution in [-0.4, -0.2) is 77.2 Å². The third-order valence-corrected chi connectivity index (χ3v) is 7.32. The zero-order chi connectivity index (χ0) is 23.0. The molecule has 0 saturated carbocycles. The van der Waals surface area contributed by atoms with Crippen LogP contribution < -0.4 is 0 Å². The van der Waals surface area contributed by atoms with Crippen LogP contribution in [0.1, 0.15) is 42.8 Å². The lowest BCUT2D eigenvalue weighted by atomic mass is 9.94. The van der Waals surface area contributed by atoms with E-state index in [0.29, 0.717) is 51.9 Å². The molecular weight excluding hydrogens is 440 g/mol. The quantitative estimate of drug-likeness (QED) is 0.468. The fourth-order valence-corrected chi connectivity index (χ4v) is 5.41. The summed E-state index contributed by atoms with van der Waals surface area (Å²) >= 11 is 1.65. The second-order valence-electron chi connectivity index (χ2n) is 8.64. The maximum atomic E-state index is 13.1. The summed E-state index contributed by atoms with van der Waals surface area (Å²) in [4.78, 5) is 35.1. The zero-order valence-corrected chi connectivity index (χ0v) is 20.2. The average Bonchev–Trinajstić information content (AvgIpc) is 3.58. The van der Waals surface area contributed by atoms with Gasteiger partial charge in [0.05, 0.1) is 32.3 Å². The first kappa shape index (κ1) is 23.9. The molecule has 0 spiro atoms. The number of nitrogens with zero attached hydrogens (tertiary/aromatic N) is 4. The second kappa shape index (κ2) is 11.8. The Balaban J connectivity index is 1.23. The van der Waals surface area contributed by atoms with E-state index in [1.54, 1.807) is 11.3 Å². The average molecular weight is 475 g/mol. The molecular formula is C24H34N4O4S. The summed E-state index contributed by atoms with van der Waals surface area (Å²) in [6, 6.07) is 4.03. The van der Waals surface area contributed by atoms with Crippen molar-refractivity contribution >= 4 is 23.2 Å². The van der Waals surface area contributed by atoms with Crippen LogP contribution in [-0.2, 0) is 32.2 Å². The number of carbonyl (C=O) groups is 2. The number of likely N-dealkylation sites (tertiary alicyclic amines) is 2. The molecule has 180 valence electrons. The molecule has 2 aromatic rings. The van der Waals surface area contributed by atoms with E-state index in [9.17, 15) is 9.59 Å². The summed E-state index contributed by atoms with van der Waals surface area (Å²) in [7, 11) is 0. The molecule has 8 nitrogen and oxygen atoms in total. The number of thiophene rings is 1. The number of hydrogen-bond acceptors (Lipinski definition) is 6. The third kappa shape index (κ3) is 6.22. The maximum absolute atomic E-state index is 13.1. The molecule has 9 heteroatoms. The summed E-state index contributed by atoms with van der Waals surface area (Å²) in [5.74, 6) is 1.41. The van der Waals surface area contributed by atoms with E-state index in [1.165, 1.54) is 0 Å². The van der Waals surface area contributed by atoms with Gasteiger partial charge in [-0.3, -0.25) is 9.59 Å². The van der Waals surface area contributed by atoms with Crippen LogP contribution in [0.5, 0.6) is 0 Å². The number of carbonyl (C=O) groups excluding carboxylic acids is 2. The fourth-order valence-electron chi connectivity index (χ4n) is 4.69. The minimum Gasteiger partial charge on any atom is -0.379 e. The van der Waals surface area contributed by atoms with Crippen LogP contribution in [0.25, 0.3) is 0 Å². The van der Waals surface area contributed by atoms with E-state index in [0.717, 1.165) is 43.2 Å². The lowest BCUT2D eigenvalue weighted by Crippen LogP contribution is -2.42. The maximum Gasteiger partial charge on any atom is 0.227 e. The van der Waals surface area contributed by atoms with Gasteiger partial charge in [0.1, 0.15) is 5.82 Å². The van der Waals surface area contributed by atoms with Crippen molar-refractivity contribution in [3.63, 3.8) is 0 Å². The van der Waals surface area contributed by atoms with Crippen molar-refractivity contribution in [2.45, 2.75) is 45.2 Å². The molecule has 2 fully saturated rings. The molecule has 2 aromatic heterocycles. The Labute approximate surface area is 199 Å². The van der Waals surface area contributed by atoms with E-state index < -0.39 is 0 Å². The molecule has 2 aliphatic heterocycles. The van der Waals surface area contributed by atoms with Gasteiger partial charge >= 0.3 is 0 Å². The van der Waals surface area contributed by atoms with E-state index in [1.807, 2.05) is 46.6 Å². The van der Waals surface area contributed by atoms with Crippen LogP contribution >= 0.6 is 11.3 Å². The SMILES string of the molecule is CCOCCOCCn1ccnc1C1CCN(C(=O)C2CC(=O)N(Cc3cccs3)C2)CC1. The van der Waals surface area contributed by atoms with Gasteiger partial charge < -0.3 is 23.8 Å². The van der Waals surface area contributed by atoms with Crippen molar-refractivity contribution in [3.8, 4) is 0 Å². The summed E-state index contributed by atoms with van der Waals surface area (Å²) in [6.45, 7) is 7.89. The molecule has 4 rings (SSSR count). The summed E-state index contributed by atoms with van der Waals surface area (Å²) in [6.07, 6.45) is 5.98. The smallest absolute Gasteiger partial charge is 0.227 e. The Morgan fingerprint density at radius 1 is 1.21 bits per heavy atom. The van der Waals surface area contributed by atoms with Crippen molar-refractivity contribution in [2.24, 2.45) is 5.92 Å². The van der Waals surface area contributed by atoms with E-state index in [4.69, 9.17) is 9.47 Å². The van der Waals surface area contributed by atoms with Crippen LogP contribution in [0.4, 0.5) is 0 Å². The topological polar surface area (TPSA) is 76.9 Å². The minimum atomic E-state index is -0.218. The second-order valence-corrected chi connectivity index (χ2v) is 9.67. The number of rotatable bonds is 11. The molecule has 0 aliphatic carbocycles. The van der Waals surface area contributed by atoms with Crippen molar-refractivity contribution in [1.82, 2.24) is 19.4 Å². The molecule has 2 aliphatic rings. The van der Waals surface area contributed by atoms with E-state index >= 15 is 0 Å². The summed E-state index contributed by atoms with van der Waals surface area (Å²) < 4.78 is 13.1. The zero-order valence-electron chi connectivity index (χ0n) is 19.4. The normalized spacial score (nSPS) is 19.5. The largest absolute Gasteiger partial charge is 0.379 e. The van der Waals surface area contributed by atoms with Gasteiger partial charge in [0.25, 0.3) is 0 Å². The highest BCUT2D eigenvalue weighted by atomic mass is 32.1. The number of ether oxygens (including phenoxy) is 2. The summed E-state index contributed by atoms with van der Waals surface area (Å²) in [5.41, 5.74) is 0. The van der Waals surface area contributed by atoms with Gasteiger partial charge in [-0.25, -0.2) is 4.98 Å². The van der Waals surface area contributed by atoms with E-state index in [2.05, 4.69) is 9.55 Å². The van der Waals surface area contributed by atoms with Gasteiger partial charge in [0.15, 0.2) is 0 Å². The Bertz CT molecular complexity index is 892. The van der Waals surface area contributed by atoms with Gasteiger partial charge in [-0.1, -0.05) is 6.07 Å². The third-order valence-electron chi connectivity index (χ3n) is 6.46. The van der Waals surface area contributed by atoms with Crippen LogP contribution in [0, 0.1) is 5.92 Å². The molecule has 33 heavy (non-hydrogen) atoms. The van der Waals surface area contributed by atoms with Gasteiger partial charge in [-0.15, -0.1) is 11.3 Å². The highest BCUT2D eigenvalue weighted by molar-refractivity contribution is 7.09. The van der Waals surface area contributed by atoms with Gasteiger partial charge in [-0.05, 0) is 31.2 Å². The molecule has 0 aromatic carbocycles. The Kier molecular flexibility index (Phi) is 8.52. The molecule has 4 heterocycles. The Hall–Kier alpha value is -2.23. The molecule has 1 atom stereocenters. The van der Waals surface area contributed by atoms with Crippen molar-refractivity contribution in [1.29, 1.82) is 0 Å². The number of aromatic nitrogens is 2. The van der Waals surface area contributed by atoms with Crippen molar-refractivity contribution in [3.05, 3.63) is 40.6 Å². The van der Waals surface area contributed by atoms with E-state index in [-0.39, 0.29) is 17.7 Å². The Morgan fingerprint density at radius 3 is 2.79 bits per heavy atom. The van der Waals surface area contributed by atoms with Gasteiger partial charge in [-0.2, -0.15) is 0 Å². The Morgan fingerprint density at radius 2 is 2.03 bits per heavy atom. The van der Waals surface area contributed by atoms with Crippen molar-refractivity contribution in [2.75, 3.05) is 46.1 Å². The number of piperidine rings is 1. The number of amides is 2. The lowest BCUT2D eigenvalue weighted by Gasteiger charge is -2.33. The minimum absolute atomic E-state index is 0.0853. The summed E-state index contributed by atoms with van der Waals surface area (Å²) in [5, 5.41) is 2.02. The predicted molar refractivity (Wildman–Crippen MR) is 126 cm³/mol. The van der Waals surface area contributed by atoms with Gasteiger partial charge in [0.2, 0.25) is 11.8 Å². The first-order valence-electron chi connectivity index (χ1n) is 11.9. The number of imidazole rings is 1. The monoisotopic (exact) mass is 474 g/mol. The highest BCUT2D eigenvalue weighted by Gasteiger charge is 2.38. The lowest BCUT2D eigenvalue weighted by molar-refractivity contribution is -0.136. The molecule has 0 radical (unpaired) electrons. The van der Waals surface area contributed by atoms with Crippen molar-refractivity contribution < 1.29 is 19.1 Å². The number of hydrogen-bond donors (Lipinski definition) is 0. The van der Waals surface area contributed by atoms with Crippen LogP contribution in [0.2, 0.25) is 0 Å². The molecule has 1 unspecified atom stereocenters. The first-order valence-corrected chi connectivity index (χ1v) is 12.8. The molecule has 0 N–H and O–H groups in total. The molecule has 2 saturated heterocycles. The molecule has 0 bridgehead atoms. The first-order chi connectivity index (χ1) is 16.2. The van der Waals surface area contributed by atoms with Crippen LogP contribution in [0.3, 0.4) is 0 Å². The molecule has 2 amide bonds. The highest BCUT2D eigenvalue weighted by Crippen LogP contribution is 2.30.